The molecule has 1 heterocycles. The summed E-state index contributed by atoms with van der Waals surface area (Å²) in [5.74, 6) is -0.264. The van der Waals surface area contributed by atoms with Crippen molar-refractivity contribution in [2.24, 2.45) is 0 Å². The van der Waals surface area contributed by atoms with Crippen LogP contribution in [0, 0.1) is 11.3 Å². The number of carbonyl (C=O) groups is 1. The Morgan fingerprint density at radius 2 is 1.88 bits per heavy atom. The quantitative estimate of drug-likeness (QED) is 0.815. The molecule has 0 spiro atoms. The maximum absolute atomic E-state index is 12.5. The van der Waals surface area contributed by atoms with Gasteiger partial charge in [-0.25, -0.2) is 0 Å². The molecule has 1 aromatic carbocycles. The van der Waals surface area contributed by atoms with Gasteiger partial charge < -0.3 is 10.6 Å². The van der Waals surface area contributed by atoms with E-state index >= 15 is 0 Å². The lowest BCUT2D eigenvalue weighted by atomic mass is 10.1. The molecule has 2 aromatic rings. The van der Waals surface area contributed by atoms with Crippen LogP contribution >= 0.6 is 0 Å². The summed E-state index contributed by atoms with van der Waals surface area (Å²) in [5, 5.41) is 15.4. The molecule has 1 aliphatic rings. The summed E-state index contributed by atoms with van der Waals surface area (Å²) < 4.78 is 0. The molecule has 0 atom stereocenters. The Bertz CT molecular complexity index is 773. The van der Waals surface area contributed by atoms with Crippen molar-refractivity contribution in [2.75, 3.05) is 10.6 Å². The van der Waals surface area contributed by atoms with E-state index in [4.69, 9.17) is 5.26 Å². The number of hydrogen-bond acceptors (Lipinski definition) is 4. The van der Waals surface area contributed by atoms with Crippen LogP contribution in [0.1, 0.15) is 54.4 Å². The third kappa shape index (κ3) is 4.57. The number of rotatable bonds is 4. The van der Waals surface area contributed by atoms with Gasteiger partial charge in [-0.05, 0) is 31.0 Å². The fraction of sp³-hybridized carbons (Fsp3) is 0.350. The molecule has 0 bridgehead atoms. The van der Waals surface area contributed by atoms with Crippen molar-refractivity contribution in [3.63, 3.8) is 0 Å². The first-order valence-electron chi connectivity index (χ1n) is 8.78. The second kappa shape index (κ2) is 8.29. The van der Waals surface area contributed by atoms with Crippen molar-refractivity contribution < 1.29 is 4.79 Å². The second-order valence-electron chi connectivity index (χ2n) is 6.41. The Hall–Kier alpha value is -2.87. The summed E-state index contributed by atoms with van der Waals surface area (Å²) in [6.45, 7) is 0. The van der Waals surface area contributed by atoms with Crippen LogP contribution in [-0.2, 0) is 0 Å². The van der Waals surface area contributed by atoms with E-state index in [2.05, 4.69) is 21.7 Å². The van der Waals surface area contributed by atoms with Crippen LogP contribution in [-0.4, -0.2) is 16.9 Å². The Morgan fingerprint density at radius 1 is 1.12 bits per heavy atom. The van der Waals surface area contributed by atoms with Gasteiger partial charge in [-0.1, -0.05) is 37.8 Å². The van der Waals surface area contributed by atoms with Crippen LogP contribution in [0.15, 0.2) is 42.7 Å². The standard InChI is InChI=1S/C20H22N4O/c21-12-15-7-5-6-10-19(15)24-20(25)16-11-18(14-22-13-16)23-17-8-3-1-2-4-9-17/h5-7,10-11,13-14,17,23H,1-4,8-9H2,(H,24,25). The summed E-state index contributed by atoms with van der Waals surface area (Å²) in [6, 6.07) is 11.3. The molecule has 3 rings (SSSR count). The molecular weight excluding hydrogens is 312 g/mol. The zero-order valence-electron chi connectivity index (χ0n) is 14.2. The summed E-state index contributed by atoms with van der Waals surface area (Å²) in [4.78, 5) is 16.7. The molecule has 5 nitrogen and oxygen atoms in total. The van der Waals surface area contributed by atoms with E-state index in [0.29, 0.717) is 22.9 Å². The third-order valence-corrected chi connectivity index (χ3v) is 4.52. The predicted octanol–water partition coefficient (Wildman–Crippen LogP) is 4.34. The average Bonchev–Trinajstić information content (AvgIpc) is 2.91. The Kier molecular flexibility index (Phi) is 5.63. The number of nitriles is 1. The molecule has 128 valence electrons. The molecule has 1 aliphatic carbocycles. The van der Waals surface area contributed by atoms with Crippen LogP contribution < -0.4 is 10.6 Å². The molecule has 1 fully saturated rings. The zero-order chi connectivity index (χ0) is 17.5. The number of benzene rings is 1. The maximum Gasteiger partial charge on any atom is 0.257 e. The first kappa shape index (κ1) is 17.0. The summed E-state index contributed by atoms with van der Waals surface area (Å²) >= 11 is 0. The molecule has 2 N–H and O–H groups in total. The molecule has 5 heteroatoms. The first-order chi connectivity index (χ1) is 12.3. The molecule has 0 aliphatic heterocycles. The lowest BCUT2D eigenvalue weighted by Crippen LogP contribution is -2.19. The van der Waals surface area contributed by atoms with E-state index < -0.39 is 0 Å². The third-order valence-electron chi connectivity index (χ3n) is 4.52. The van der Waals surface area contributed by atoms with E-state index in [0.717, 1.165) is 18.5 Å². The number of hydrogen-bond donors (Lipinski definition) is 2. The van der Waals surface area contributed by atoms with Crippen molar-refractivity contribution in [3.8, 4) is 6.07 Å². The predicted molar refractivity (Wildman–Crippen MR) is 98.5 cm³/mol. The van der Waals surface area contributed by atoms with Crippen molar-refractivity contribution in [1.82, 2.24) is 4.98 Å². The molecular formula is C20H22N4O. The largest absolute Gasteiger partial charge is 0.381 e. The molecule has 0 saturated heterocycles. The number of carbonyl (C=O) groups excluding carboxylic acids is 1. The molecule has 1 amide bonds. The van der Waals surface area contributed by atoms with Gasteiger partial charge >= 0.3 is 0 Å². The molecule has 0 unspecified atom stereocenters. The topological polar surface area (TPSA) is 77.8 Å². The zero-order valence-corrected chi connectivity index (χ0v) is 14.2. The van der Waals surface area contributed by atoms with Crippen LogP contribution in [0.25, 0.3) is 0 Å². The SMILES string of the molecule is N#Cc1ccccc1NC(=O)c1cncc(NC2CCCCCC2)c1. The van der Waals surface area contributed by atoms with Gasteiger partial charge in [0.2, 0.25) is 0 Å². The number of nitrogens with zero attached hydrogens (tertiary/aromatic N) is 2. The number of anilines is 2. The van der Waals surface area contributed by atoms with Gasteiger partial charge in [0.25, 0.3) is 5.91 Å². The van der Waals surface area contributed by atoms with Gasteiger partial charge in [0.05, 0.1) is 22.5 Å². The van der Waals surface area contributed by atoms with Crippen LogP contribution in [0.2, 0.25) is 0 Å². The number of para-hydroxylation sites is 1. The van der Waals surface area contributed by atoms with Gasteiger partial charge in [0.15, 0.2) is 0 Å². The highest BCUT2D eigenvalue weighted by Crippen LogP contribution is 2.22. The van der Waals surface area contributed by atoms with Crippen molar-refractivity contribution in [2.45, 2.75) is 44.6 Å². The van der Waals surface area contributed by atoms with Gasteiger partial charge in [-0.15, -0.1) is 0 Å². The molecule has 25 heavy (non-hydrogen) atoms. The Balaban J connectivity index is 1.70. The fourth-order valence-corrected chi connectivity index (χ4v) is 3.19. The van der Waals surface area contributed by atoms with Gasteiger partial charge in [-0.2, -0.15) is 5.26 Å². The number of nitrogens with one attached hydrogen (secondary N) is 2. The van der Waals surface area contributed by atoms with E-state index in [-0.39, 0.29) is 5.91 Å². The smallest absolute Gasteiger partial charge is 0.257 e. The molecule has 1 saturated carbocycles. The number of amides is 1. The number of aromatic nitrogens is 1. The minimum Gasteiger partial charge on any atom is -0.381 e. The molecule has 1 aromatic heterocycles. The highest BCUT2D eigenvalue weighted by atomic mass is 16.1. The Labute approximate surface area is 148 Å². The van der Waals surface area contributed by atoms with E-state index in [1.54, 1.807) is 36.7 Å². The molecule has 0 radical (unpaired) electrons. The van der Waals surface area contributed by atoms with E-state index in [9.17, 15) is 4.79 Å². The average molecular weight is 334 g/mol. The van der Waals surface area contributed by atoms with Gasteiger partial charge in [-0.3, -0.25) is 9.78 Å². The van der Waals surface area contributed by atoms with Crippen molar-refractivity contribution in [3.05, 3.63) is 53.9 Å². The highest BCUT2D eigenvalue weighted by molar-refractivity contribution is 6.05. The van der Waals surface area contributed by atoms with E-state index in [1.807, 2.05) is 6.07 Å². The lowest BCUT2D eigenvalue weighted by Gasteiger charge is -2.17. The minimum atomic E-state index is -0.264. The highest BCUT2D eigenvalue weighted by Gasteiger charge is 2.14. The lowest BCUT2D eigenvalue weighted by molar-refractivity contribution is 0.102. The van der Waals surface area contributed by atoms with Crippen LogP contribution in [0.5, 0.6) is 0 Å². The second-order valence-corrected chi connectivity index (χ2v) is 6.41. The Morgan fingerprint density at radius 3 is 2.64 bits per heavy atom. The summed E-state index contributed by atoms with van der Waals surface area (Å²) in [5.41, 5.74) is 2.30. The van der Waals surface area contributed by atoms with E-state index in [1.165, 1.54) is 25.7 Å². The summed E-state index contributed by atoms with van der Waals surface area (Å²) in [6.07, 6.45) is 10.7. The normalized spacial score (nSPS) is 15.0. The van der Waals surface area contributed by atoms with Crippen molar-refractivity contribution in [1.29, 1.82) is 5.26 Å². The maximum atomic E-state index is 12.5. The fourth-order valence-electron chi connectivity index (χ4n) is 3.19. The van der Waals surface area contributed by atoms with Crippen LogP contribution in [0.3, 0.4) is 0 Å². The summed E-state index contributed by atoms with van der Waals surface area (Å²) in [7, 11) is 0. The van der Waals surface area contributed by atoms with Gasteiger partial charge in [0.1, 0.15) is 6.07 Å². The van der Waals surface area contributed by atoms with Gasteiger partial charge in [0, 0.05) is 18.4 Å². The van der Waals surface area contributed by atoms with Crippen molar-refractivity contribution >= 4 is 17.3 Å². The van der Waals surface area contributed by atoms with Crippen LogP contribution in [0.4, 0.5) is 11.4 Å². The number of pyridine rings is 1. The minimum absolute atomic E-state index is 0.264. The first-order valence-corrected chi connectivity index (χ1v) is 8.78. The monoisotopic (exact) mass is 334 g/mol.